The van der Waals surface area contributed by atoms with Crippen molar-refractivity contribution in [3.8, 4) is 0 Å². The molecule has 0 aliphatic heterocycles. The van der Waals surface area contributed by atoms with E-state index in [0.717, 1.165) is 6.54 Å². The van der Waals surface area contributed by atoms with Gasteiger partial charge < -0.3 is 4.57 Å². The number of aryl methyl sites for hydroxylation is 1. The zero-order chi connectivity index (χ0) is 24.2. The Labute approximate surface area is 208 Å². The Morgan fingerprint density at radius 1 is 0.606 bits per heavy atom. The van der Waals surface area contributed by atoms with Crippen molar-refractivity contribution in [2.75, 3.05) is 0 Å². The van der Waals surface area contributed by atoms with Crippen LogP contribution in [0, 0.1) is 0 Å². The summed E-state index contributed by atoms with van der Waals surface area (Å²) in [5, 5.41) is 0. The molecule has 2 nitrogen and oxygen atoms in total. The van der Waals surface area contributed by atoms with Gasteiger partial charge in [0.2, 0.25) is 0 Å². The van der Waals surface area contributed by atoms with Crippen molar-refractivity contribution >= 4 is 0 Å². The molecule has 0 amide bonds. The summed E-state index contributed by atoms with van der Waals surface area (Å²) in [6.45, 7) is 12.7. The van der Waals surface area contributed by atoms with Crippen molar-refractivity contribution in [3.63, 3.8) is 0 Å². The molecule has 1 aromatic rings. The number of hydrogen-bond donors (Lipinski definition) is 0. The maximum absolute atomic E-state index is 5.09. The SMILES string of the molecule is CCCCCCCCCCCCCCC(C)c1nc(C(C)C)cn1CCCCCCCCC. The highest BCUT2D eigenvalue weighted by atomic mass is 15.1. The van der Waals surface area contributed by atoms with Crippen LogP contribution in [-0.4, -0.2) is 9.55 Å². The molecule has 0 bridgehead atoms. The van der Waals surface area contributed by atoms with Gasteiger partial charge in [0.1, 0.15) is 5.82 Å². The zero-order valence-corrected chi connectivity index (χ0v) is 23.5. The number of hydrogen-bond acceptors (Lipinski definition) is 1. The molecule has 0 aliphatic rings. The molecule has 0 spiro atoms. The largest absolute Gasteiger partial charge is 0.334 e. The molecule has 0 fully saturated rings. The summed E-state index contributed by atoms with van der Waals surface area (Å²) in [5.74, 6) is 2.47. The molecule has 194 valence electrons. The predicted molar refractivity (Wildman–Crippen MR) is 148 cm³/mol. The topological polar surface area (TPSA) is 17.8 Å². The molecule has 1 atom stereocenters. The number of nitrogens with zero attached hydrogens (tertiary/aromatic N) is 2. The molecule has 0 saturated carbocycles. The average molecular weight is 461 g/mol. The monoisotopic (exact) mass is 460 g/mol. The fraction of sp³-hybridized carbons (Fsp3) is 0.903. The Morgan fingerprint density at radius 2 is 1.03 bits per heavy atom. The van der Waals surface area contributed by atoms with Gasteiger partial charge in [-0.15, -0.1) is 0 Å². The summed E-state index contributed by atoms with van der Waals surface area (Å²) in [6, 6.07) is 0. The van der Waals surface area contributed by atoms with Crippen molar-refractivity contribution in [2.24, 2.45) is 0 Å². The van der Waals surface area contributed by atoms with Crippen molar-refractivity contribution in [2.45, 2.75) is 181 Å². The van der Waals surface area contributed by atoms with Gasteiger partial charge in [-0.2, -0.15) is 0 Å². The van der Waals surface area contributed by atoms with E-state index in [-0.39, 0.29) is 0 Å². The second-order valence-electron chi connectivity index (χ2n) is 11.1. The van der Waals surface area contributed by atoms with Gasteiger partial charge in [0.05, 0.1) is 5.69 Å². The quantitative estimate of drug-likeness (QED) is 0.148. The van der Waals surface area contributed by atoms with Crippen LogP contribution in [0.4, 0.5) is 0 Å². The van der Waals surface area contributed by atoms with Gasteiger partial charge in [-0.3, -0.25) is 0 Å². The van der Waals surface area contributed by atoms with Gasteiger partial charge in [0, 0.05) is 18.7 Å². The maximum Gasteiger partial charge on any atom is 0.111 e. The van der Waals surface area contributed by atoms with Crippen molar-refractivity contribution < 1.29 is 0 Å². The molecule has 0 N–H and O–H groups in total. The van der Waals surface area contributed by atoms with Crippen LogP contribution in [0.25, 0.3) is 0 Å². The van der Waals surface area contributed by atoms with Gasteiger partial charge in [-0.05, 0) is 18.8 Å². The second kappa shape index (κ2) is 20.6. The normalized spacial score (nSPS) is 12.7. The number of aromatic nitrogens is 2. The first-order valence-corrected chi connectivity index (χ1v) is 15.2. The fourth-order valence-corrected chi connectivity index (χ4v) is 4.96. The van der Waals surface area contributed by atoms with Crippen molar-refractivity contribution in [3.05, 3.63) is 17.7 Å². The van der Waals surface area contributed by atoms with Crippen LogP contribution in [-0.2, 0) is 6.54 Å². The Hall–Kier alpha value is -0.790. The van der Waals surface area contributed by atoms with E-state index >= 15 is 0 Å². The minimum atomic E-state index is 0.526. The number of unbranched alkanes of at least 4 members (excludes halogenated alkanes) is 17. The van der Waals surface area contributed by atoms with Gasteiger partial charge in [-0.1, -0.05) is 150 Å². The van der Waals surface area contributed by atoms with E-state index in [1.54, 1.807) is 0 Å². The molecule has 1 unspecified atom stereocenters. The van der Waals surface area contributed by atoms with Crippen LogP contribution in [0.2, 0.25) is 0 Å². The molecular weight excluding hydrogens is 400 g/mol. The smallest absolute Gasteiger partial charge is 0.111 e. The third kappa shape index (κ3) is 14.9. The lowest BCUT2D eigenvalue weighted by Crippen LogP contribution is -2.07. The first kappa shape index (κ1) is 30.2. The Bertz CT molecular complexity index is 545. The third-order valence-electron chi connectivity index (χ3n) is 7.35. The Morgan fingerprint density at radius 3 is 1.48 bits per heavy atom. The van der Waals surface area contributed by atoms with Gasteiger partial charge in [0.15, 0.2) is 0 Å². The van der Waals surface area contributed by atoms with Crippen molar-refractivity contribution in [1.29, 1.82) is 0 Å². The lowest BCUT2D eigenvalue weighted by Gasteiger charge is -2.14. The highest BCUT2D eigenvalue weighted by molar-refractivity contribution is 5.11. The zero-order valence-electron chi connectivity index (χ0n) is 23.5. The average Bonchev–Trinajstić information content (AvgIpc) is 3.24. The molecule has 1 rings (SSSR count). The number of imidazole rings is 1. The molecule has 0 saturated heterocycles. The van der Waals surface area contributed by atoms with E-state index in [4.69, 9.17) is 4.98 Å². The van der Waals surface area contributed by atoms with E-state index in [2.05, 4.69) is 45.4 Å². The molecular formula is C31H60N2. The summed E-state index contributed by atoms with van der Waals surface area (Å²) < 4.78 is 2.51. The van der Waals surface area contributed by atoms with Crippen molar-refractivity contribution in [1.82, 2.24) is 9.55 Å². The number of rotatable bonds is 23. The highest BCUT2D eigenvalue weighted by Crippen LogP contribution is 2.25. The standard InChI is InChI=1S/C31H60N2/c1-6-8-10-12-14-15-16-17-18-19-21-23-25-29(5)31-32-30(28(3)4)27-33(31)26-24-22-20-13-11-9-7-2/h27-29H,6-26H2,1-5H3. The van der Waals surface area contributed by atoms with Crippen LogP contribution < -0.4 is 0 Å². The molecule has 0 radical (unpaired) electrons. The van der Waals surface area contributed by atoms with E-state index in [1.807, 2.05) is 0 Å². The van der Waals surface area contributed by atoms with E-state index in [1.165, 1.54) is 140 Å². The summed E-state index contributed by atoms with van der Waals surface area (Å²) >= 11 is 0. The highest BCUT2D eigenvalue weighted by Gasteiger charge is 2.16. The van der Waals surface area contributed by atoms with E-state index in [9.17, 15) is 0 Å². The second-order valence-corrected chi connectivity index (χ2v) is 11.1. The molecule has 0 aliphatic carbocycles. The third-order valence-corrected chi connectivity index (χ3v) is 7.35. The summed E-state index contributed by atoms with van der Waals surface area (Å²) in [4.78, 5) is 5.09. The van der Waals surface area contributed by atoms with Gasteiger partial charge in [-0.25, -0.2) is 4.98 Å². The molecule has 33 heavy (non-hydrogen) atoms. The predicted octanol–water partition coefficient (Wildman–Crippen LogP) is 11.0. The van der Waals surface area contributed by atoms with E-state index < -0.39 is 0 Å². The molecule has 1 heterocycles. The van der Waals surface area contributed by atoms with E-state index in [0.29, 0.717) is 11.8 Å². The van der Waals surface area contributed by atoms with Crippen LogP contribution in [0.15, 0.2) is 6.20 Å². The minimum absolute atomic E-state index is 0.526. The summed E-state index contributed by atoms with van der Waals surface area (Å²) in [6.07, 6.45) is 30.4. The minimum Gasteiger partial charge on any atom is -0.334 e. The summed E-state index contributed by atoms with van der Waals surface area (Å²) in [5.41, 5.74) is 1.29. The van der Waals surface area contributed by atoms with Crippen LogP contribution in [0.3, 0.4) is 0 Å². The van der Waals surface area contributed by atoms with Crippen LogP contribution in [0.5, 0.6) is 0 Å². The Balaban J connectivity index is 2.23. The Kier molecular flexibility index (Phi) is 18.9. The van der Waals surface area contributed by atoms with Gasteiger partial charge in [0.25, 0.3) is 0 Å². The first-order valence-electron chi connectivity index (χ1n) is 15.2. The molecule has 1 aromatic heterocycles. The van der Waals surface area contributed by atoms with Crippen LogP contribution in [0.1, 0.15) is 186 Å². The summed E-state index contributed by atoms with van der Waals surface area (Å²) in [7, 11) is 0. The van der Waals surface area contributed by atoms with Gasteiger partial charge >= 0.3 is 0 Å². The fourth-order valence-electron chi connectivity index (χ4n) is 4.96. The maximum atomic E-state index is 5.09. The molecule has 0 aromatic carbocycles. The molecule has 2 heteroatoms. The van der Waals surface area contributed by atoms with Crippen LogP contribution >= 0.6 is 0 Å². The lowest BCUT2D eigenvalue weighted by molar-refractivity contribution is 0.497. The first-order chi connectivity index (χ1) is 16.1. The lowest BCUT2D eigenvalue weighted by atomic mass is 10.0.